The molecule has 4 rings (SSSR count). The predicted molar refractivity (Wildman–Crippen MR) is 95.8 cm³/mol. The minimum Gasteiger partial charge on any atom is -0.495 e. The molecule has 0 bridgehead atoms. The maximum absolute atomic E-state index is 13.0. The Balaban J connectivity index is 1.93. The minimum absolute atomic E-state index is 0.0669. The van der Waals surface area contributed by atoms with Crippen LogP contribution in [0.4, 0.5) is 0 Å². The first-order valence-corrected chi connectivity index (χ1v) is 8.97. The first kappa shape index (κ1) is 17.6. The molecule has 7 nitrogen and oxygen atoms in total. The third kappa shape index (κ3) is 2.78. The van der Waals surface area contributed by atoms with Crippen LogP contribution in [0.15, 0.2) is 21.3 Å². The fraction of sp³-hybridized carbons (Fsp3) is 0.450. The summed E-state index contributed by atoms with van der Waals surface area (Å²) in [7, 11) is 2.60. The Morgan fingerprint density at radius 3 is 2.52 bits per heavy atom. The van der Waals surface area contributed by atoms with Gasteiger partial charge in [0.05, 0.1) is 26.0 Å². The van der Waals surface area contributed by atoms with Gasteiger partial charge in [0.25, 0.3) is 0 Å². The van der Waals surface area contributed by atoms with E-state index in [0.717, 1.165) is 32.1 Å². The minimum atomic E-state index is -0.814. The number of esters is 1. The summed E-state index contributed by atoms with van der Waals surface area (Å²) in [4.78, 5) is 36.9. The number of hydrogen-bond acceptors (Lipinski definition) is 7. The number of ether oxygens (including phenoxy) is 3. The molecule has 0 N–H and O–H groups in total. The molecule has 1 aliphatic carbocycles. The highest BCUT2D eigenvalue weighted by Gasteiger charge is 2.43. The standard InChI is InChI=1S/C20H20O7/c1-24-17-11-8-12(18(22)25-2)19(23)26-14(11)9-15-16(17)13(21)10-20(27-15)6-4-3-5-7-20/h8-9H,3-7,10H2,1-2H3. The number of carbonyl (C=O) groups excluding carboxylic acids is 2. The fourth-order valence-corrected chi connectivity index (χ4v) is 4.14. The molecule has 0 atom stereocenters. The van der Waals surface area contributed by atoms with Crippen molar-refractivity contribution < 1.29 is 28.2 Å². The van der Waals surface area contributed by atoms with Crippen molar-refractivity contribution in [3.8, 4) is 11.5 Å². The Bertz CT molecular complexity index is 996. The van der Waals surface area contributed by atoms with E-state index in [1.165, 1.54) is 20.3 Å². The normalized spacial score (nSPS) is 18.1. The molecule has 1 aliphatic heterocycles. The number of methoxy groups -OCH3 is 2. The van der Waals surface area contributed by atoms with Gasteiger partial charge in [0.1, 0.15) is 33.8 Å². The van der Waals surface area contributed by atoms with E-state index in [0.29, 0.717) is 23.1 Å². The van der Waals surface area contributed by atoms with E-state index in [2.05, 4.69) is 4.74 Å². The molecular formula is C20H20O7. The maximum Gasteiger partial charge on any atom is 0.351 e. The van der Waals surface area contributed by atoms with Crippen LogP contribution in [0.3, 0.4) is 0 Å². The Hall–Kier alpha value is -2.83. The lowest BCUT2D eigenvalue weighted by molar-refractivity contribution is 0.0133. The highest BCUT2D eigenvalue weighted by atomic mass is 16.5. The van der Waals surface area contributed by atoms with Gasteiger partial charge in [-0.05, 0) is 31.7 Å². The summed E-state index contributed by atoms with van der Waals surface area (Å²) in [5.41, 5.74) is -1.04. The number of benzene rings is 1. The van der Waals surface area contributed by atoms with E-state index in [1.54, 1.807) is 6.07 Å². The van der Waals surface area contributed by atoms with Crippen LogP contribution in [0.2, 0.25) is 0 Å². The van der Waals surface area contributed by atoms with Gasteiger partial charge in [-0.1, -0.05) is 6.42 Å². The van der Waals surface area contributed by atoms with Crippen LogP contribution in [0.25, 0.3) is 11.0 Å². The van der Waals surface area contributed by atoms with Crippen molar-refractivity contribution in [2.75, 3.05) is 14.2 Å². The van der Waals surface area contributed by atoms with Crippen molar-refractivity contribution in [2.45, 2.75) is 44.1 Å². The Morgan fingerprint density at radius 1 is 1.11 bits per heavy atom. The molecule has 1 fully saturated rings. The van der Waals surface area contributed by atoms with Crippen LogP contribution >= 0.6 is 0 Å². The summed E-state index contributed by atoms with van der Waals surface area (Å²) in [6.45, 7) is 0. The lowest BCUT2D eigenvalue weighted by atomic mass is 9.78. The average molecular weight is 372 g/mol. The lowest BCUT2D eigenvalue weighted by Gasteiger charge is -2.41. The lowest BCUT2D eigenvalue weighted by Crippen LogP contribution is -2.43. The molecule has 1 spiro atoms. The summed E-state index contributed by atoms with van der Waals surface area (Å²) >= 11 is 0. The molecule has 27 heavy (non-hydrogen) atoms. The van der Waals surface area contributed by atoms with Crippen molar-refractivity contribution in [1.82, 2.24) is 0 Å². The van der Waals surface area contributed by atoms with Crippen molar-refractivity contribution >= 4 is 22.7 Å². The molecule has 0 radical (unpaired) electrons. The number of rotatable bonds is 2. The monoisotopic (exact) mass is 372 g/mol. The molecule has 2 heterocycles. The third-order valence-corrected chi connectivity index (χ3v) is 5.42. The Morgan fingerprint density at radius 2 is 1.85 bits per heavy atom. The Kier molecular flexibility index (Phi) is 4.17. The summed E-state index contributed by atoms with van der Waals surface area (Å²) in [5.74, 6) is -0.268. The number of fused-ring (bicyclic) bond motifs is 2. The predicted octanol–water partition coefficient (Wildman–Crippen LogP) is 3.26. The van der Waals surface area contributed by atoms with Gasteiger partial charge in [0.15, 0.2) is 5.78 Å². The first-order chi connectivity index (χ1) is 13.0. The molecule has 142 valence electrons. The van der Waals surface area contributed by atoms with Gasteiger partial charge in [-0.3, -0.25) is 4.79 Å². The molecule has 7 heteroatoms. The molecule has 1 aromatic heterocycles. The SMILES string of the molecule is COC(=O)c1cc2c(OC)c3c(cc2oc1=O)OC1(CCCCC1)CC3=O. The van der Waals surface area contributed by atoms with E-state index in [1.807, 2.05) is 0 Å². The number of ketones is 1. The van der Waals surface area contributed by atoms with Gasteiger partial charge in [0.2, 0.25) is 0 Å². The van der Waals surface area contributed by atoms with Crippen molar-refractivity contribution in [1.29, 1.82) is 0 Å². The van der Waals surface area contributed by atoms with Gasteiger partial charge in [-0.2, -0.15) is 0 Å². The zero-order valence-corrected chi connectivity index (χ0v) is 15.3. The fourth-order valence-electron chi connectivity index (χ4n) is 4.14. The molecule has 1 aromatic carbocycles. The van der Waals surface area contributed by atoms with E-state index in [-0.39, 0.29) is 22.7 Å². The molecule has 2 aromatic rings. The number of Topliss-reactive ketones (excluding diaryl/α,β-unsaturated/α-hetero) is 1. The second-order valence-electron chi connectivity index (χ2n) is 7.08. The number of carbonyl (C=O) groups is 2. The van der Waals surface area contributed by atoms with Gasteiger partial charge in [-0.25, -0.2) is 9.59 Å². The van der Waals surface area contributed by atoms with E-state index in [4.69, 9.17) is 13.9 Å². The zero-order chi connectivity index (χ0) is 19.2. The van der Waals surface area contributed by atoms with Crippen molar-refractivity contribution in [2.24, 2.45) is 0 Å². The van der Waals surface area contributed by atoms with Crippen LogP contribution in [-0.2, 0) is 4.74 Å². The quantitative estimate of drug-likeness (QED) is 0.590. The van der Waals surface area contributed by atoms with Crippen LogP contribution < -0.4 is 15.1 Å². The van der Waals surface area contributed by atoms with Crippen LogP contribution in [0.1, 0.15) is 59.2 Å². The maximum atomic E-state index is 13.0. The van der Waals surface area contributed by atoms with Crippen molar-refractivity contribution in [3.05, 3.63) is 33.7 Å². The summed E-state index contributed by atoms with van der Waals surface area (Å²) in [5, 5.41) is 0.354. The largest absolute Gasteiger partial charge is 0.495 e. The Labute approximate surface area is 155 Å². The second-order valence-corrected chi connectivity index (χ2v) is 7.08. The molecule has 1 saturated carbocycles. The van der Waals surface area contributed by atoms with Crippen LogP contribution in [-0.4, -0.2) is 31.6 Å². The first-order valence-electron chi connectivity index (χ1n) is 8.97. The summed E-state index contributed by atoms with van der Waals surface area (Å²) < 4.78 is 21.7. The third-order valence-electron chi connectivity index (χ3n) is 5.42. The van der Waals surface area contributed by atoms with Crippen molar-refractivity contribution in [3.63, 3.8) is 0 Å². The van der Waals surface area contributed by atoms with Gasteiger partial charge in [0, 0.05) is 6.07 Å². The zero-order valence-electron chi connectivity index (χ0n) is 15.3. The van der Waals surface area contributed by atoms with E-state index < -0.39 is 17.2 Å². The highest BCUT2D eigenvalue weighted by molar-refractivity contribution is 6.08. The second kappa shape index (κ2) is 6.40. The highest BCUT2D eigenvalue weighted by Crippen LogP contribution is 2.47. The molecular weight excluding hydrogens is 352 g/mol. The van der Waals surface area contributed by atoms with Gasteiger partial charge < -0.3 is 18.6 Å². The van der Waals surface area contributed by atoms with Crippen LogP contribution in [0, 0.1) is 0 Å². The average Bonchev–Trinajstić information content (AvgIpc) is 2.65. The molecule has 0 unspecified atom stereocenters. The topological polar surface area (TPSA) is 92.0 Å². The van der Waals surface area contributed by atoms with E-state index >= 15 is 0 Å². The van der Waals surface area contributed by atoms with E-state index in [9.17, 15) is 14.4 Å². The number of hydrogen-bond donors (Lipinski definition) is 0. The molecule has 0 amide bonds. The van der Waals surface area contributed by atoms with Gasteiger partial charge in [-0.15, -0.1) is 0 Å². The van der Waals surface area contributed by atoms with Crippen LogP contribution in [0.5, 0.6) is 11.5 Å². The molecule has 2 aliphatic rings. The smallest absolute Gasteiger partial charge is 0.351 e. The summed E-state index contributed by atoms with van der Waals surface area (Å²) in [6, 6.07) is 2.88. The summed E-state index contributed by atoms with van der Waals surface area (Å²) in [6.07, 6.45) is 5.12. The van der Waals surface area contributed by atoms with Gasteiger partial charge >= 0.3 is 11.6 Å². The molecule has 0 saturated heterocycles.